The molecule has 0 aromatic heterocycles. The van der Waals surface area contributed by atoms with E-state index in [0.29, 0.717) is 6.04 Å². The van der Waals surface area contributed by atoms with E-state index in [4.69, 9.17) is 0 Å². The maximum atomic E-state index is 11.8. The van der Waals surface area contributed by atoms with Gasteiger partial charge in [0.2, 0.25) is 5.91 Å². The molecule has 1 saturated heterocycles. The number of carbonyl (C=O) groups is 1. The van der Waals surface area contributed by atoms with E-state index in [0.717, 1.165) is 30.4 Å². The number of hydrogen-bond donors (Lipinski definition) is 2. The molecule has 1 saturated carbocycles. The smallest absolute Gasteiger partial charge is 0.238 e. The van der Waals surface area contributed by atoms with Crippen molar-refractivity contribution in [2.24, 2.45) is 5.92 Å². The molecule has 0 spiro atoms. The Morgan fingerprint density at radius 1 is 1.31 bits per heavy atom. The fraction of sp³-hybridized carbons (Fsp3) is 0.909. The van der Waals surface area contributed by atoms with Gasteiger partial charge in [0.15, 0.2) is 0 Å². The Kier molecular flexibility index (Phi) is 5.94. The number of amides is 1. The molecule has 0 unspecified atom stereocenters. The van der Waals surface area contributed by atoms with Crippen molar-refractivity contribution < 1.29 is 4.79 Å². The monoisotopic (exact) mass is 264 g/mol. The summed E-state index contributed by atoms with van der Waals surface area (Å²) < 4.78 is 0. The summed E-state index contributed by atoms with van der Waals surface area (Å²) in [4.78, 5) is 11.8. The Morgan fingerprint density at radius 3 is 2.56 bits per heavy atom. The molecule has 0 radical (unpaired) electrons. The van der Waals surface area contributed by atoms with Crippen LogP contribution in [0.5, 0.6) is 0 Å². The number of thioether (sulfide) groups is 1. The molecule has 0 bridgehead atoms. The second-order valence-electron chi connectivity index (χ2n) is 4.74. The molecule has 1 aliphatic carbocycles. The second-order valence-corrected chi connectivity index (χ2v) is 5.77. The Bertz CT molecular complexity index is 226. The molecule has 0 aromatic rings. The lowest BCUT2D eigenvalue weighted by atomic mass is 9.87. The van der Waals surface area contributed by atoms with Gasteiger partial charge in [-0.2, -0.15) is 0 Å². The number of nitrogens with one attached hydrogen (secondary N) is 2. The highest BCUT2D eigenvalue weighted by Gasteiger charge is 2.26. The molecule has 1 aliphatic heterocycles. The van der Waals surface area contributed by atoms with Gasteiger partial charge >= 0.3 is 0 Å². The molecular weight excluding hydrogens is 244 g/mol. The van der Waals surface area contributed by atoms with E-state index < -0.39 is 0 Å². The van der Waals surface area contributed by atoms with Gasteiger partial charge in [-0.05, 0) is 31.6 Å². The van der Waals surface area contributed by atoms with Crippen molar-refractivity contribution in [2.75, 3.05) is 11.6 Å². The summed E-state index contributed by atoms with van der Waals surface area (Å²) in [7, 11) is 0. The minimum Gasteiger partial charge on any atom is -0.352 e. The fourth-order valence-electron chi connectivity index (χ4n) is 2.27. The van der Waals surface area contributed by atoms with Crippen molar-refractivity contribution in [3.05, 3.63) is 0 Å². The molecule has 1 atom stereocenters. The highest BCUT2D eigenvalue weighted by molar-refractivity contribution is 7.99. The van der Waals surface area contributed by atoms with Crippen LogP contribution in [0.3, 0.4) is 0 Å². The first-order valence-corrected chi connectivity index (χ1v) is 7.02. The van der Waals surface area contributed by atoms with Gasteiger partial charge in [0.1, 0.15) is 0 Å². The van der Waals surface area contributed by atoms with Gasteiger partial charge in [-0.1, -0.05) is 6.92 Å². The van der Waals surface area contributed by atoms with Crippen LogP contribution < -0.4 is 10.6 Å². The lowest BCUT2D eigenvalue weighted by molar-refractivity contribution is -0.123. The first-order valence-electron chi connectivity index (χ1n) is 5.87. The van der Waals surface area contributed by atoms with E-state index in [-0.39, 0.29) is 24.4 Å². The quantitative estimate of drug-likeness (QED) is 0.799. The van der Waals surface area contributed by atoms with Crippen molar-refractivity contribution in [3.63, 3.8) is 0 Å². The van der Waals surface area contributed by atoms with Crippen LogP contribution in [0.15, 0.2) is 0 Å². The Labute approximate surface area is 108 Å². The highest BCUT2D eigenvalue weighted by Crippen LogP contribution is 2.23. The van der Waals surface area contributed by atoms with Crippen LogP contribution in [-0.4, -0.2) is 29.6 Å². The third kappa shape index (κ3) is 3.82. The summed E-state index contributed by atoms with van der Waals surface area (Å²) in [6.07, 6.45) is 4.84. The zero-order valence-corrected chi connectivity index (χ0v) is 11.3. The molecule has 94 valence electrons. The maximum Gasteiger partial charge on any atom is 0.238 e. The van der Waals surface area contributed by atoms with Gasteiger partial charge in [-0.15, -0.1) is 24.2 Å². The van der Waals surface area contributed by atoms with Crippen molar-refractivity contribution >= 4 is 30.1 Å². The summed E-state index contributed by atoms with van der Waals surface area (Å²) >= 11 is 1.80. The molecule has 2 rings (SSSR count). The molecule has 16 heavy (non-hydrogen) atoms. The Balaban J connectivity index is 0.00000128. The molecule has 2 fully saturated rings. The van der Waals surface area contributed by atoms with Crippen LogP contribution in [0.25, 0.3) is 0 Å². The number of hydrogen-bond acceptors (Lipinski definition) is 3. The van der Waals surface area contributed by atoms with Gasteiger partial charge in [0.25, 0.3) is 0 Å². The summed E-state index contributed by atoms with van der Waals surface area (Å²) in [5.74, 6) is 2.90. The molecule has 1 heterocycles. The molecule has 2 N–H and O–H groups in total. The minimum absolute atomic E-state index is 0. The van der Waals surface area contributed by atoms with Gasteiger partial charge < -0.3 is 5.32 Å². The van der Waals surface area contributed by atoms with Crippen LogP contribution in [0.4, 0.5) is 0 Å². The first-order chi connectivity index (χ1) is 7.25. The summed E-state index contributed by atoms with van der Waals surface area (Å²) in [6, 6.07) is 0.482. The molecule has 3 nitrogen and oxygen atoms in total. The van der Waals surface area contributed by atoms with Crippen LogP contribution in [0, 0.1) is 5.92 Å². The topological polar surface area (TPSA) is 41.1 Å². The highest BCUT2D eigenvalue weighted by atomic mass is 35.5. The molecule has 2 aliphatic rings. The van der Waals surface area contributed by atoms with Crippen LogP contribution in [0.1, 0.15) is 32.6 Å². The van der Waals surface area contributed by atoms with E-state index in [9.17, 15) is 4.79 Å². The normalized spacial score (nSPS) is 34.2. The lowest BCUT2D eigenvalue weighted by Gasteiger charge is -2.27. The summed E-state index contributed by atoms with van der Waals surface area (Å²) in [5.41, 5.74) is 0. The average Bonchev–Trinajstić information content (AvgIpc) is 2.74. The number of rotatable bonds is 2. The van der Waals surface area contributed by atoms with E-state index in [1.807, 2.05) is 0 Å². The maximum absolute atomic E-state index is 11.8. The predicted molar refractivity (Wildman–Crippen MR) is 71.1 cm³/mol. The molecular formula is C11H21ClN2OS. The van der Waals surface area contributed by atoms with Crippen molar-refractivity contribution in [1.29, 1.82) is 0 Å². The number of halogens is 1. The Morgan fingerprint density at radius 2 is 2.00 bits per heavy atom. The minimum atomic E-state index is 0. The lowest BCUT2D eigenvalue weighted by Crippen LogP contribution is -2.47. The third-order valence-corrected chi connectivity index (χ3v) is 4.33. The fourth-order valence-corrected chi connectivity index (χ4v) is 3.21. The van der Waals surface area contributed by atoms with Gasteiger partial charge in [0.05, 0.1) is 6.04 Å². The van der Waals surface area contributed by atoms with Crippen LogP contribution in [-0.2, 0) is 4.79 Å². The van der Waals surface area contributed by atoms with E-state index in [2.05, 4.69) is 17.6 Å². The van der Waals surface area contributed by atoms with E-state index in [1.165, 1.54) is 12.8 Å². The Hall–Kier alpha value is 0.0700. The van der Waals surface area contributed by atoms with Crippen molar-refractivity contribution in [2.45, 2.75) is 44.7 Å². The average molecular weight is 265 g/mol. The second kappa shape index (κ2) is 6.72. The third-order valence-electron chi connectivity index (χ3n) is 3.40. The van der Waals surface area contributed by atoms with Gasteiger partial charge in [-0.25, -0.2) is 0 Å². The van der Waals surface area contributed by atoms with E-state index >= 15 is 0 Å². The summed E-state index contributed by atoms with van der Waals surface area (Å²) in [5, 5.41) is 6.37. The standard InChI is InChI=1S/C11H20N2OS.ClH/c1-8-2-4-9(5-3-8)13-11(14)10-6-15-7-12-10;/h8-10,12H,2-7H2,1H3,(H,13,14);1H/t8?,9?,10-;/m1./s1. The van der Waals surface area contributed by atoms with Crippen LogP contribution in [0.2, 0.25) is 0 Å². The van der Waals surface area contributed by atoms with Crippen LogP contribution >= 0.6 is 24.2 Å². The molecule has 5 heteroatoms. The zero-order valence-electron chi connectivity index (χ0n) is 9.70. The first kappa shape index (κ1) is 14.1. The van der Waals surface area contributed by atoms with Crippen molar-refractivity contribution in [1.82, 2.24) is 10.6 Å². The number of carbonyl (C=O) groups excluding carboxylic acids is 1. The van der Waals surface area contributed by atoms with E-state index in [1.54, 1.807) is 11.8 Å². The van der Waals surface area contributed by atoms with Gasteiger partial charge in [0, 0.05) is 17.7 Å². The SMILES string of the molecule is CC1CCC(NC(=O)[C@H]2CSCN2)CC1.Cl. The molecule has 0 aromatic carbocycles. The van der Waals surface area contributed by atoms with Gasteiger partial charge in [-0.3, -0.25) is 10.1 Å². The predicted octanol–water partition coefficient (Wildman–Crippen LogP) is 1.77. The zero-order chi connectivity index (χ0) is 10.7. The summed E-state index contributed by atoms with van der Waals surface area (Å²) in [6.45, 7) is 2.30. The largest absolute Gasteiger partial charge is 0.352 e. The molecule has 1 amide bonds. The van der Waals surface area contributed by atoms with Crippen molar-refractivity contribution in [3.8, 4) is 0 Å².